The number of piperazine rings is 1. The largest absolute Gasteiger partial charge is 0.381 e. The Balaban J connectivity index is 0.00000363. The number of halogens is 1. The van der Waals surface area contributed by atoms with Crippen molar-refractivity contribution < 1.29 is 9.47 Å². The molecule has 2 N–H and O–H groups in total. The highest BCUT2D eigenvalue weighted by molar-refractivity contribution is 14.0. The Labute approximate surface area is 211 Å². The van der Waals surface area contributed by atoms with Crippen LogP contribution in [0.4, 0.5) is 5.69 Å². The SMILES string of the molecule is CCNC(=NCCCOCC1CCOC1)NCCCN1CCN(c2ccccc2)CC1.I. The number of hydrogen-bond acceptors (Lipinski definition) is 5. The highest BCUT2D eigenvalue weighted by atomic mass is 127. The minimum atomic E-state index is 0. The number of benzene rings is 1. The van der Waals surface area contributed by atoms with E-state index in [9.17, 15) is 0 Å². The first-order chi connectivity index (χ1) is 15.3. The third kappa shape index (κ3) is 10.2. The Bertz CT molecular complexity index is 620. The second kappa shape index (κ2) is 16.5. The number of ether oxygens (including phenoxy) is 2. The molecule has 2 heterocycles. The summed E-state index contributed by atoms with van der Waals surface area (Å²) in [6.07, 6.45) is 3.22. The topological polar surface area (TPSA) is 61.4 Å². The van der Waals surface area contributed by atoms with E-state index < -0.39 is 0 Å². The molecular weight excluding hydrogens is 517 g/mol. The van der Waals surface area contributed by atoms with Gasteiger partial charge in [0.05, 0.1) is 13.2 Å². The third-order valence-electron chi connectivity index (χ3n) is 5.88. The van der Waals surface area contributed by atoms with Gasteiger partial charge in [0.25, 0.3) is 0 Å². The van der Waals surface area contributed by atoms with E-state index in [0.29, 0.717) is 5.92 Å². The summed E-state index contributed by atoms with van der Waals surface area (Å²) < 4.78 is 11.1. The van der Waals surface area contributed by atoms with Crippen molar-refractivity contribution in [3.05, 3.63) is 30.3 Å². The first-order valence-corrected chi connectivity index (χ1v) is 12.0. The van der Waals surface area contributed by atoms with Gasteiger partial charge in [0.1, 0.15) is 0 Å². The molecule has 1 unspecified atom stereocenters. The molecule has 182 valence electrons. The summed E-state index contributed by atoms with van der Waals surface area (Å²) in [5, 5.41) is 6.82. The zero-order valence-corrected chi connectivity index (χ0v) is 22.0. The van der Waals surface area contributed by atoms with Gasteiger partial charge in [-0.25, -0.2) is 0 Å². The van der Waals surface area contributed by atoms with Gasteiger partial charge in [0.15, 0.2) is 5.96 Å². The quantitative estimate of drug-likeness (QED) is 0.178. The van der Waals surface area contributed by atoms with Crippen LogP contribution in [-0.2, 0) is 9.47 Å². The number of nitrogens with zero attached hydrogens (tertiary/aromatic N) is 3. The van der Waals surface area contributed by atoms with Crippen molar-refractivity contribution in [2.75, 3.05) is 83.7 Å². The first-order valence-electron chi connectivity index (χ1n) is 12.0. The molecule has 0 bridgehead atoms. The van der Waals surface area contributed by atoms with Gasteiger partial charge < -0.3 is 25.0 Å². The molecule has 32 heavy (non-hydrogen) atoms. The molecule has 1 atom stereocenters. The maximum absolute atomic E-state index is 5.76. The lowest BCUT2D eigenvalue weighted by Crippen LogP contribution is -2.47. The molecule has 2 saturated heterocycles. The molecule has 8 heteroatoms. The lowest BCUT2D eigenvalue weighted by molar-refractivity contribution is 0.0893. The number of rotatable bonds is 12. The lowest BCUT2D eigenvalue weighted by atomic mass is 10.1. The maximum Gasteiger partial charge on any atom is 0.191 e. The fraction of sp³-hybridized carbons (Fsp3) is 0.708. The van der Waals surface area contributed by atoms with Crippen molar-refractivity contribution in [2.24, 2.45) is 10.9 Å². The molecule has 0 saturated carbocycles. The second-order valence-corrected chi connectivity index (χ2v) is 8.36. The van der Waals surface area contributed by atoms with Crippen molar-refractivity contribution >= 4 is 35.6 Å². The highest BCUT2D eigenvalue weighted by Gasteiger charge is 2.16. The predicted octanol–water partition coefficient (Wildman–Crippen LogP) is 2.82. The zero-order valence-electron chi connectivity index (χ0n) is 19.6. The predicted molar refractivity (Wildman–Crippen MR) is 143 cm³/mol. The summed E-state index contributed by atoms with van der Waals surface area (Å²) in [6, 6.07) is 10.7. The highest BCUT2D eigenvalue weighted by Crippen LogP contribution is 2.15. The molecule has 2 aliphatic heterocycles. The Kier molecular flexibility index (Phi) is 14.0. The van der Waals surface area contributed by atoms with Crippen LogP contribution in [0.1, 0.15) is 26.2 Å². The first kappa shape index (κ1) is 27.1. The fourth-order valence-electron chi connectivity index (χ4n) is 4.04. The van der Waals surface area contributed by atoms with Crippen molar-refractivity contribution in [2.45, 2.75) is 26.2 Å². The minimum absolute atomic E-state index is 0. The number of aliphatic imine (C=N–C) groups is 1. The van der Waals surface area contributed by atoms with E-state index in [1.165, 1.54) is 5.69 Å². The van der Waals surface area contributed by atoms with E-state index in [1.807, 2.05) is 0 Å². The van der Waals surface area contributed by atoms with Gasteiger partial charge in [-0.15, -0.1) is 24.0 Å². The smallest absolute Gasteiger partial charge is 0.191 e. The van der Waals surface area contributed by atoms with Crippen LogP contribution in [0.5, 0.6) is 0 Å². The number of hydrogen-bond donors (Lipinski definition) is 2. The molecule has 7 nitrogen and oxygen atoms in total. The van der Waals surface area contributed by atoms with Gasteiger partial charge in [-0.3, -0.25) is 9.89 Å². The molecule has 0 spiro atoms. The molecule has 2 fully saturated rings. The Morgan fingerprint density at radius 3 is 2.66 bits per heavy atom. The van der Waals surface area contributed by atoms with E-state index in [4.69, 9.17) is 9.47 Å². The van der Waals surface area contributed by atoms with Gasteiger partial charge in [0, 0.05) is 70.6 Å². The Morgan fingerprint density at radius 1 is 1.12 bits per heavy atom. The monoisotopic (exact) mass is 559 g/mol. The van der Waals surface area contributed by atoms with Crippen LogP contribution in [0.2, 0.25) is 0 Å². The third-order valence-corrected chi connectivity index (χ3v) is 5.88. The van der Waals surface area contributed by atoms with Gasteiger partial charge in [0.2, 0.25) is 0 Å². The maximum atomic E-state index is 5.76. The summed E-state index contributed by atoms with van der Waals surface area (Å²) in [7, 11) is 0. The van der Waals surface area contributed by atoms with Crippen LogP contribution in [0.25, 0.3) is 0 Å². The van der Waals surface area contributed by atoms with Crippen LogP contribution >= 0.6 is 24.0 Å². The van der Waals surface area contributed by atoms with Crippen LogP contribution in [-0.4, -0.2) is 89.6 Å². The Hall–Kier alpha value is -1.10. The van der Waals surface area contributed by atoms with Crippen LogP contribution in [0.3, 0.4) is 0 Å². The average Bonchev–Trinajstić information content (AvgIpc) is 3.33. The van der Waals surface area contributed by atoms with E-state index in [1.54, 1.807) is 0 Å². The van der Waals surface area contributed by atoms with E-state index in [0.717, 1.165) is 104 Å². The van der Waals surface area contributed by atoms with Crippen molar-refractivity contribution in [1.29, 1.82) is 0 Å². The standard InChI is InChI=1S/C24H41N5O2.HI/c1-2-25-24(27-12-7-18-30-20-22-10-19-31-21-22)26-11-6-13-28-14-16-29(17-15-28)23-8-4-3-5-9-23;/h3-5,8-9,22H,2,6-7,10-21H2,1H3,(H2,25,26,27);1H. The van der Waals surface area contributed by atoms with E-state index in [-0.39, 0.29) is 24.0 Å². The lowest BCUT2D eigenvalue weighted by Gasteiger charge is -2.36. The average molecular weight is 560 g/mol. The normalized spacial score (nSPS) is 19.6. The van der Waals surface area contributed by atoms with Gasteiger partial charge in [-0.2, -0.15) is 0 Å². The van der Waals surface area contributed by atoms with Gasteiger partial charge >= 0.3 is 0 Å². The molecular formula is C24H42IN5O2. The van der Waals surface area contributed by atoms with Gasteiger partial charge in [-0.05, 0) is 44.9 Å². The van der Waals surface area contributed by atoms with E-state index >= 15 is 0 Å². The number of nitrogens with one attached hydrogen (secondary N) is 2. The molecule has 0 aromatic heterocycles. The molecule has 3 rings (SSSR count). The van der Waals surface area contributed by atoms with Crippen molar-refractivity contribution in [1.82, 2.24) is 15.5 Å². The summed E-state index contributed by atoms with van der Waals surface area (Å²) in [5.74, 6) is 1.50. The molecule has 2 aliphatic rings. The summed E-state index contributed by atoms with van der Waals surface area (Å²) in [6.45, 7) is 13.7. The molecule has 0 radical (unpaired) electrons. The Morgan fingerprint density at radius 2 is 1.94 bits per heavy atom. The number of guanidine groups is 1. The van der Waals surface area contributed by atoms with Crippen LogP contribution < -0.4 is 15.5 Å². The molecule has 0 aliphatic carbocycles. The summed E-state index contributed by atoms with van der Waals surface area (Å²) >= 11 is 0. The second-order valence-electron chi connectivity index (χ2n) is 8.36. The summed E-state index contributed by atoms with van der Waals surface area (Å²) in [5.41, 5.74) is 1.34. The van der Waals surface area contributed by atoms with Crippen molar-refractivity contribution in [3.63, 3.8) is 0 Å². The summed E-state index contributed by atoms with van der Waals surface area (Å²) in [4.78, 5) is 9.73. The zero-order chi connectivity index (χ0) is 21.6. The van der Waals surface area contributed by atoms with Crippen LogP contribution in [0.15, 0.2) is 35.3 Å². The van der Waals surface area contributed by atoms with Crippen LogP contribution in [0, 0.1) is 5.92 Å². The van der Waals surface area contributed by atoms with Crippen molar-refractivity contribution in [3.8, 4) is 0 Å². The molecule has 0 amide bonds. The minimum Gasteiger partial charge on any atom is -0.381 e. The number of para-hydroxylation sites is 1. The van der Waals surface area contributed by atoms with Gasteiger partial charge in [-0.1, -0.05) is 18.2 Å². The number of anilines is 1. The van der Waals surface area contributed by atoms with E-state index in [2.05, 4.69) is 62.7 Å². The molecule has 1 aromatic rings. The molecule has 1 aromatic carbocycles. The fourth-order valence-corrected chi connectivity index (χ4v) is 4.04.